The Hall–Kier alpha value is -2.17. The highest BCUT2D eigenvalue weighted by atomic mass is 15.2. The lowest BCUT2D eigenvalue weighted by atomic mass is 10.2. The molecular formula is C12H15N5. The first-order valence-corrected chi connectivity index (χ1v) is 5.45. The van der Waals surface area contributed by atoms with E-state index in [1.165, 1.54) is 0 Å². The van der Waals surface area contributed by atoms with E-state index in [1.807, 2.05) is 30.1 Å². The van der Waals surface area contributed by atoms with Crippen LogP contribution in [0.3, 0.4) is 0 Å². The number of hydrogen-bond donors (Lipinski definition) is 1. The van der Waals surface area contributed by atoms with Gasteiger partial charge >= 0.3 is 0 Å². The maximum absolute atomic E-state index is 5.76. The second-order valence-corrected chi connectivity index (χ2v) is 3.76. The molecule has 2 heterocycles. The summed E-state index contributed by atoms with van der Waals surface area (Å²) in [5.41, 5.74) is 6.82. The third kappa shape index (κ3) is 2.90. The Labute approximate surface area is 100 Å². The summed E-state index contributed by atoms with van der Waals surface area (Å²) >= 11 is 0. The fourth-order valence-corrected chi connectivity index (χ4v) is 1.57. The van der Waals surface area contributed by atoms with Crippen LogP contribution in [0.25, 0.3) is 0 Å². The monoisotopic (exact) mass is 229 g/mol. The molecule has 0 unspecified atom stereocenters. The van der Waals surface area contributed by atoms with Gasteiger partial charge in [-0.2, -0.15) is 0 Å². The van der Waals surface area contributed by atoms with E-state index in [0.29, 0.717) is 11.6 Å². The summed E-state index contributed by atoms with van der Waals surface area (Å²) in [5.74, 6) is 1.17. The fourth-order valence-electron chi connectivity index (χ4n) is 1.57. The number of nitrogen functional groups attached to an aromatic ring is 1. The molecule has 0 spiro atoms. The molecule has 0 fully saturated rings. The first-order chi connectivity index (χ1) is 8.27. The molecular weight excluding hydrogens is 214 g/mol. The predicted molar refractivity (Wildman–Crippen MR) is 67.7 cm³/mol. The van der Waals surface area contributed by atoms with Crippen molar-refractivity contribution in [2.45, 2.75) is 6.42 Å². The van der Waals surface area contributed by atoms with E-state index in [9.17, 15) is 0 Å². The van der Waals surface area contributed by atoms with Gasteiger partial charge in [-0.25, -0.2) is 9.97 Å². The average Bonchev–Trinajstić information content (AvgIpc) is 2.38. The van der Waals surface area contributed by atoms with Gasteiger partial charge in [0.15, 0.2) is 11.6 Å². The van der Waals surface area contributed by atoms with Crippen molar-refractivity contribution in [3.63, 3.8) is 0 Å². The predicted octanol–water partition coefficient (Wildman–Crippen LogP) is 1.13. The molecule has 0 radical (unpaired) electrons. The van der Waals surface area contributed by atoms with Gasteiger partial charge in [0.1, 0.15) is 0 Å². The van der Waals surface area contributed by atoms with Gasteiger partial charge in [-0.15, -0.1) is 0 Å². The van der Waals surface area contributed by atoms with Crippen molar-refractivity contribution in [3.8, 4) is 0 Å². The fraction of sp³-hybridized carbons (Fsp3) is 0.250. The number of nitrogens with two attached hydrogens (primary N) is 1. The van der Waals surface area contributed by atoms with Crippen LogP contribution in [-0.4, -0.2) is 28.5 Å². The summed E-state index contributed by atoms with van der Waals surface area (Å²) in [6.07, 6.45) is 5.88. The van der Waals surface area contributed by atoms with Gasteiger partial charge < -0.3 is 10.6 Å². The minimum atomic E-state index is 0.455. The lowest BCUT2D eigenvalue weighted by Crippen LogP contribution is -2.23. The quantitative estimate of drug-likeness (QED) is 0.851. The third-order valence-corrected chi connectivity index (χ3v) is 2.50. The molecule has 2 aromatic heterocycles. The van der Waals surface area contributed by atoms with Crippen molar-refractivity contribution in [2.75, 3.05) is 24.2 Å². The van der Waals surface area contributed by atoms with Crippen LogP contribution in [-0.2, 0) is 6.42 Å². The lowest BCUT2D eigenvalue weighted by Gasteiger charge is -2.18. The van der Waals surface area contributed by atoms with Crippen LogP contribution < -0.4 is 10.6 Å². The van der Waals surface area contributed by atoms with Gasteiger partial charge in [0.2, 0.25) is 0 Å². The number of rotatable bonds is 4. The topological polar surface area (TPSA) is 67.9 Å². The molecule has 2 N–H and O–H groups in total. The van der Waals surface area contributed by atoms with E-state index < -0.39 is 0 Å². The van der Waals surface area contributed by atoms with Crippen LogP contribution >= 0.6 is 0 Å². The zero-order valence-electron chi connectivity index (χ0n) is 9.74. The molecule has 5 heteroatoms. The van der Waals surface area contributed by atoms with Crippen LogP contribution in [0.2, 0.25) is 0 Å². The highest BCUT2D eigenvalue weighted by Gasteiger charge is 2.07. The van der Waals surface area contributed by atoms with Gasteiger partial charge in [0.25, 0.3) is 0 Å². The van der Waals surface area contributed by atoms with E-state index in [1.54, 1.807) is 18.6 Å². The molecule has 0 aliphatic rings. The van der Waals surface area contributed by atoms with Crippen LogP contribution in [0.15, 0.2) is 36.8 Å². The van der Waals surface area contributed by atoms with E-state index in [4.69, 9.17) is 5.73 Å². The highest BCUT2D eigenvalue weighted by molar-refractivity contribution is 5.56. The van der Waals surface area contributed by atoms with Crippen molar-refractivity contribution in [1.82, 2.24) is 15.0 Å². The Bertz CT molecular complexity index is 471. The Morgan fingerprint density at radius 1 is 1.12 bits per heavy atom. The van der Waals surface area contributed by atoms with E-state index >= 15 is 0 Å². The lowest BCUT2D eigenvalue weighted by molar-refractivity contribution is 0.837. The second-order valence-electron chi connectivity index (χ2n) is 3.76. The Morgan fingerprint density at radius 3 is 2.65 bits per heavy atom. The van der Waals surface area contributed by atoms with Gasteiger partial charge in [0.05, 0.1) is 0 Å². The van der Waals surface area contributed by atoms with Crippen LogP contribution in [0.4, 0.5) is 11.6 Å². The van der Waals surface area contributed by atoms with Gasteiger partial charge in [-0.3, -0.25) is 4.98 Å². The van der Waals surface area contributed by atoms with Crippen molar-refractivity contribution in [2.24, 2.45) is 0 Å². The summed E-state index contributed by atoms with van der Waals surface area (Å²) < 4.78 is 0. The molecule has 88 valence electrons. The molecule has 0 aromatic carbocycles. The number of aromatic nitrogens is 3. The van der Waals surface area contributed by atoms with E-state index in [2.05, 4.69) is 15.0 Å². The summed E-state index contributed by atoms with van der Waals surface area (Å²) in [7, 11) is 1.95. The minimum Gasteiger partial charge on any atom is -0.381 e. The summed E-state index contributed by atoms with van der Waals surface area (Å²) in [6, 6.07) is 5.90. The van der Waals surface area contributed by atoms with Crippen molar-refractivity contribution < 1.29 is 0 Å². The van der Waals surface area contributed by atoms with E-state index in [-0.39, 0.29) is 0 Å². The van der Waals surface area contributed by atoms with E-state index in [0.717, 1.165) is 18.7 Å². The largest absolute Gasteiger partial charge is 0.381 e. The number of hydrogen-bond acceptors (Lipinski definition) is 5. The summed E-state index contributed by atoms with van der Waals surface area (Å²) in [6.45, 7) is 0.805. The van der Waals surface area contributed by atoms with Crippen molar-refractivity contribution >= 4 is 11.6 Å². The van der Waals surface area contributed by atoms with Gasteiger partial charge in [0, 0.05) is 44.3 Å². The molecule has 0 saturated carbocycles. The first kappa shape index (κ1) is 11.3. The molecule has 0 amide bonds. The Balaban J connectivity index is 1.99. The Morgan fingerprint density at radius 2 is 1.94 bits per heavy atom. The maximum atomic E-state index is 5.76. The molecule has 2 aromatic rings. The number of nitrogens with zero attached hydrogens (tertiary/aromatic N) is 4. The zero-order chi connectivity index (χ0) is 12.1. The molecule has 2 rings (SSSR count). The highest BCUT2D eigenvalue weighted by Crippen LogP contribution is 2.14. The third-order valence-electron chi connectivity index (χ3n) is 2.50. The average molecular weight is 229 g/mol. The molecule has 17 heavy (non-hydrogen) atoms. The van der Waals surface area contributed by atoms with Crippen molar-refractivity contribution in [1.29, 1.82) is 0 Å². The molecule has 5 nitrogen and oxygen atoms in total. The number of anilines is 2. The molecule has 0 atom stereocenters. The molecule has 0 bridgehead atoms. The SMILES string of the molecule is CN(CCc1ccccn1)c1nccnc1N. The summed E-state index contributed by atoms with van der Waals surface area (Å²) in [4.78, 5) is 14.5. The number of likely N-dealkylation sites (N-methyl/N-ethyl adjacent to an activating group) is 1. The molecule has 0 aliphatic heterocycles. The Kier molecular flexibility index (Phi) is 3.49. The smallest absolute Gasteiger partial charge is 0.171 e. The maximum Gasteiger partial charge on any atom is 0.171 e. The van der Waals surface area contributed by atoms with Crippen molar-refractivity contribution in [3.05, 3.63) is 42.5 Å². The normalized spacial score (nSPS) is 10.2. The van der Waals surface area contributed by atoms with Gasteiger partial charge in [-0.1, -0.05) is 6.07 Å². The molecule has 0 aliphatic carbocycles. The van der Waals surface area contributed by atoms with Crippen LogP contribution in [0, 0.1) is 0 Å². The first-order valence-electron chi connectivity index (χ1n) is 5.45. The standard InChI is InChI=1S/C12H15N5/c1-17(12-11(13)15-7-8-16-12)9-5-10-4-2-3-6-14-10/h2-4,6-8H,5,9H2,1H3,(H2,13,15). The minimum absolute atomic E-state index is 0.455. The van der Waals surface area contributed by atoms with Crippen LogP contribution in [0.5, 0.6) is 0 Å². The summed E-state index contributed by atoms with van der Waals surface area (Å²) in [5, 5.41) is 0. The van der Waals surface area contributed by atoms with Gasteiger partial charge in [-0.05, 0) is 12.1 Å². The molecule has 0 saturated heterocycles. The number of pyridine rings is 1. The van der Waals surface area contributed by atoms with Crippen LogP contribution in [0.1, 0.15) is 5.69 Å². The zero-order valence-corrected chi connectivity index (χ0v) is 9.74. The second kappa shape index (κ2) is 5.25.